The van der Waals surface area contributed by atoms with Gasteiger partial charge in [0.2, 0.25) is 0 Å². The van der Waals surface area contributed by atoms with Crippen molar-refractivity contribution in [1.82, 2.24) is 0 Å². The second kappa shape index (κ2) is 8.62. The van der Waals surface area contributed by atoms with E-state index >= 15 is 0 Å². The van der Waals surface area contributed by atoms with Gasteiger partial charge >= 0.3 is 0 Å². The quantitative estimate of drug-likeness (QED) is 0.504. The van der Waals surface area contributed by atoms with Crippen LogP contribution in [0.3, 0.4) is 0 Å². The topological polar surface area (TPSA) is 0 Å². The van der Waals surface area contributed by atoms with Crippen LogP contribution in [0.15, 0.2) is 12.1 Å². The molecule has 0 saturated heterocycles. The fourth-order valence-corrected chi connectivity index (χ4v) is 6.52. The Bertz CT molecular complexity index is 592. The number of hydrogen-bond acceptors (Lipinski definition) is 0. The Morgan fingerprint density at radius 3 is 1.48 bits per heavy atom. The van der Waals surface area contributed by atoms with Gasteiger partial charge in [-0.2, -0.15) is 0 Å². The maximum absolute atomic E-state index is 13.9. The summed E-state index contributed by atoms with van der Waals surface area (Å²) in [5.74, 6) is 3.40. The van der Waals surface area contributed by atoms with Crippen molar-refractivity contribution >= 4 is 0 Å². The van der Waals surface area contributed by atoms with E-state index in [4.69, 9.17) is 0 Å². The predicted octanol–water partition coefficient (Wildman–Crippen LogP) is 7.93. The lowest BCUT2D eigenvalue weighted by molar-refractivity contribution is 0.119. The Kier molecular flexibility index (Phi) is 6.19. The average Bonchev–Trinajstić information content (AvgIpc) is 2.72. The second-order valence-corrected chi connectivity index (χ2v) is 9.79. The zero-order valence-corrected chi connectivity index (χ0v) is 17.0. The molecule has 1 aromatic carbocycles. The summed E-state index contributed by atoms with van der Waals surface area (Å²) in [6.45, 7) is 1.52. The molecular formula is C25H36F2. The molecule has 0 spiro atoms. The number of halogens is 2. The fourth-order valence-electron chi connectivity index (χ4n) is 6.52. The lowest BCUT2D eigenvalue weighted by Gasteiger charge is -2.40. The van der Waals surface area contributed by atoms with Gasteiger partial charge in [0, 0.05) is 5.56 Å². The minimum atomic E-state index is -0.381. The van der Waals surface area contributed by atoms with E-state index in [1.807, 2.05) is 0 Å². The summed E-state index contributed by atoms with van der Waals surface area (Å²) in [6, 6.07) is 3.16. The fraction of sp³-hybridized carbons (Fsp3) is 0.760. The zero-order chi connectivity index (χ0) is 18.8. The van der Waals surface area contributed by atoms with Crippen molar-refractivity contribution in [1.29, 1.82) is 0 Å². The molecule has 0 atom stereocenters. The number of rotatable bonds is 3. The molecule has 0 unspecified atom stereocenters. The standard InChI is InChI=1S/C25H36F2/c1-17-24(26)15-23(16-25(17)27)22-13-11-21(12-14-22)20-9-7-19(8-10-20)18-5-3-2-4-6-18/h15-16,18-22H,2-14H2,1H3. The summed E-state index contributed by atoms with van der Waals surface area (Å²) >= 11 is 0. The van der Waals surface area contributed by atoms with E-state index in [0.717, 1.165) is 42.1 Å². The SMILES string of the molecule is Cc1c(F)cc(C2CCC(C3CCC(C4CCCCC4)CC3)CC2)cc1F. The molecule has 3 fully saturated rings. The normalized spacial score (nSPS) is 33.1. The Morgan fingerprint density at radius 2 is 1.00 bits per heavy atom. The van der Waals surface area contributed by atoms with E-state index in [0.29, 0.717) is 5.92 Å². The number of hydrogen-bond donors (Lipinski definition) is 0. The first-order valence-corrected chi connectivity index (χ1v) is 11.6. The minimum Gasteiger partial charge on any atom is -0.207 e. The molecule has 150 valence electrons. The molecule has 0 N–H and O–H groups in total. The van der Waals surface area contributed by atoms with Crippen LogP contribution in [0, 0.1) is 42.2 Å². The highest BCUT2D eigenvalue weighted by molar-refractivity contribution is 5.28. The minimum absolute atomic E-state index is 0.155. The largest absolute Gasteiger partial charge is 0.207 e. The van der Waals surface area contributed by atoms with Crippen molar-refractivity contribution in [3.8, 4) is 0 Å². The van der Waals surface area contributed by atoms with Gasteiger partial charge in [-0.25, -0.2) is 8.78 Å². The summed E-state index contributed by atoms with van der Waals surface area (Å²) in [5, 5.41) is 0. The van der Waals surface area contributed by atoms with Gasteiger partial charge in [-0.3, -0.25) is 0 Å². The molecule has 0 nitrogen and oxygen atoms in total. The molecule has 0 bridgehead atoms. The molecule has 0 radical (unpaired) electrons. The van der Waals surface area contributed by atoms with Crippen molar-refractivity contribution in [2.75, 3.05) is 0 Å². The van der Waals surface area contributed by atoms with Crippen molar-refractivity contribution in [3.05, 3.63) is 34.9 Å². The summed E-state index contributed by atoms with van der Waals surface area (Å²) in [5.41, 5.74) is 1.04. The van der Waals surface area contributed by atoms with Gasteiger partial charge in [-0.05, 0) is 106 Å². The maximum Gasteiger partial charge on any atom is 0.129 e. The third-order valence-electron chi connectivity index (χ3n) is 8.35. The smallest absolute Gasteiger partial charge is 0.129 e. The highest BCUT2D eigenvalue weighted by Gasteiger charge is 2.34. The Hall–Kier alpha value is -0.920. The number of benzene rings is 1. The predicted molar refractivity (Wildman–Crippen MR) is 108 cm³/mol. The van der Waals surface area contributed by atoms with Crippen LogP contribution in [-0.4, -0.2) is 0 Å². The van der Waals surface area contributed by atoms with Crippen LogP contribution in [-0.2, 0) is 0 Å². The van der Waals surface area contributed by atoms with Crippen LogP contribution >= 0.6 is 0 Å². The molecule has 0 aromatic heterocycles. The van der Waals surface area contributed by atoms with Gasteiger partial charge < -0.3 is 0 Å². The first-order chi connectivity index (χ1) is 13.1. The highest BCUT2D eigenvalue weighted by atomic mass is 19.1. The Balaban J connectivity index is 1.27. The molecule has 3 aliphatic carbocycles. The maximum atomic E-state index is 13.9. The Morgan fingerprint density at radius 1 is 0.593 bits per heavy atom. The molecule has 1 aromatic rings. The molecule has 2 heteroatoms. The van der Waals surface area contributed by atoms with Gasteiger partial charge in [0.05, 0.1) is 0 Å². The third-order valence-corrected chi connectivity index (χ3v) is 8.35. The van der Waals surface area contributed by atoms with Crippen LogP contribution in [0.1, 0.15) is 101 Å². The summed E-state index contributed by atoms with van der Waals surface area (Å²) in [7, 11) is 0. The van der Waals surface area contributed by atoms with Crippen LogP contribution < -0.4 is 0 Å². The van der Waals surface area contributed by atoms with Crippen LogP contribution in [0.4, 0.5) is 8.78 Å². The van der Waals surface area contributed by atoms with E-state index in [-0.39, 0.29) is 17.2 Å². The first-order valence-electron chi connectivity index (χ1n) is 11.6. The Labute approximate surface area is 164 Å². The van der Waals surface area contributed by atoms with E-state index in [9.17, 15) is 8.78 Å². The molecule has 3 saturated carbocycles. The van der Waals surface area contributed by atoms with Gasteiger partial charge in [-0.1, -0.05) is 32.1 Å². The summed E-state index contributed by atoms with van der Waals surface area (Å²) in [6.07, 6.45) is 17.9. The molecule has 0 aliphatic heterocycles. The second-order valence-electron chi connectivity index (χ2n) is 9.79. The van der Waals surface area contributed by atoms with Crippen molar-refractivity contribution in [2.45, 2.75) is 96.3 Å². The van der Waals surface area contributed by atoms with Crippen LogP contribution in [0.5, 0.6) is 0 Å². The highest BCUT2D eigenvalue weighted by Crippen LogP contribution is 2.46. The lowest BCUT2D eigenvalue weighted by atomic mass is 9.65. The molecule has 4 rings (SSSR count). The van der Waals surface area contributed by atoms with Crippen molar-refractivity contribution < 1.29 is 8.78 Å². The summed E-state index contributed by atoms with van der Waals surface area (Å²) in [4.78, 5) is 0. The van der Waals surface area contributed by atoms with Gasteiger partial charge in [-0.15, -0.1) is 0 Å². The van der Waals surface area contributed by atoms with Crippen molar-refractivity contribution in [2.24, 2.45) is 23.7 Å². The van der Waals surface area contributed by atoms with Gasteiger partial charge in [0.25, 0.3) is 0 Å². The van der Waals surface area contributed by atoms with Crippen LogP contribution in [0.2, 0.25) is 0 Å². The van der Waals surface area contributed by atoms with Crippen molar-refractivity contribution in [3.63, 3.8) is 0 Å². The third kappa shape index (κ3) is 4.40. The van der Waals surface area contributed by atoms with E-state index in [1.165, 1.54) is 77.6 Å². The monoisotopic (exact) mass is 374 g/mol. The van der Waals surface area contributed by atoms with Crippen LogP contribution in [0.25, 0.3) is 0 Å². The lowest BCUT2D eigenvalue weighted by Crippen LogP contribution is -2.28. The average molecular weight is 375 g/mol. The molecule has 0 heterocycles. The van der Waals surface area contributed by atoms with E-state index in [2.05, 4.69) is 0 Å². The molecule has 3 aliphatic rings. The van der Waals surface area contributed by atoms with Gasteiger partial charge in [0.1, 0.15) is 11.6 Å². The molecule has 0 amide bonds. The first kappa shape index (κ1) is 19.4. The summed E-state index contributed by atoms with van der Waals surface area (Å²) < 4.78 is 27.8. The van der Waals surface area contributed by atoms with E-state index in [1.54, 1.807) is 12.1 Å². The van der Waals surface area contributed by atoms with E-state index < -0.39 is 0 Å². The van der Waals surface area contributed by atoms with Gasteiger partial charge in [0.15, 0.2) is 0 Å². The molecular weight excluding hydrogens is 338 g/mol. The zero-order valence-electron chi connectivity index (χ0n) is 17.0. The molecule has 27 heavy (non-hydrogen) atoms.